The highest BCUT2D eigenvalue weighted by Crippen LogP contribution is 2.19. The molecule has 0 aromatic heterocycles. The number of benzene rings is 4. The first-order valence-corrected chi connectivity index (χ1v) is 11.0. The summed E-state index contributed by atoms with van der Waals surface area (Å²) >= 11 is 5.88. The van der Waals surface area contributed by atoms with E-state index in [-0.39, 0.29) is 11.8 Å². The van der Waals surface area contributed by atoms with E-state index in [9.17, 15) is 9.59 Å². The van der Waals surface area contributed by atoms with E-state index in [1.807, 2.05) is 54.6 Å². The lowest BCUT2D eigenvalue weighted by Gasteiger charge is -2.08. The number of hydrogen-bond acceptors (Lipinski definition) is 3. The van der Waals surface area contributed by atoms with Gasteiger partial charge in [-0.15, -0.1) is 0 Å². The molecule has 2 N–H and O–H groups in total. The Morgan fingerprint density at radius 3 is 2.00 bits per heavy atom. The van der Waals surface area contributed by atoms with Crippen molar-refractivity contribution in [1.82, 2.24) is 5.43 Å². The van der Waals surface area contributed by atoms with E-state index < -0.39 is 0 Å². The molecule has 0 spiro atoms. The third-order valence-electron chi connectivity index (χ3n) is 5.22. The summed E-state index contributed by atoms with van der Waals surface area (Å²) in [6, 6.07) is 31.3. The number of amides is 2. The van der Waals surface area contributed by atoms with Crippen LogP contribution in [0.3, 0.4) is 0 Å². The van der Waals surface area contributed by atoms with E-state index in [0.717, 1.165) is 16.7 Å². The van der Waals surface area contributed by atoms with Crippen LogP contribution in [0.2, 0.25) is 5.02 Å². The van der Waals surface area contributed by atoms with Crippen molar-refractivity contribution < 1.29 is 9.59 Å². The molecule has 34 heavy (non-hydrogen) atoms. The second kappa shape index (κ2) is 10.6. The summed E-state index contributed by atoms with van der Waals surface area (Å²) in [6.07, 6.45) is 0. The van der Waals surface area contributed by atoms with Gasteiger partial charge in [-0.25, -0.2) is 5.43 Å². The third kappa shape index (κ3) is 5.77. The molecule has 4 aromatic rings. The lowest BCUT2D eigenvalue weighted by molar-refractivity contribution is 0.0954. The van der Waals surface area contributed by atoms with Crippen LogP contribution in [0.1, 0.15) is 33.2 Å². The average Bonchev–Trinajstić information content (AvgIpc) is 2.88. The molecule has 5 nitrogen and oxygen atoms in total. The number of hydrogen-bond donors (Lipinski definition) is 2. The molecule has 0 heterocycles. The second-order valence-corrected chi connectivity index (χ2v) is 8.06. The van der Waals surface area contributed by atoms with Gasteiger partial charge in [-0.1, -0.05) is 66.2 Å². The molecule has 0 atom stereocenters. The van der Waals surface area contributed by atoms with Crippen molar-refractivity contribution in [3.05, 3.63) is 125 Å². The molecule has 0 saturated heterocycles. The van der Waals surface area contributed by atoms with Crippen molar-refractivity contribution in [3.63, 3.8) is 0 Å². The number of nitrogens with one attached hydrogen (secondary N) is 2. The van der Waals surface area contributed by atoms with Gasteiger partial charge in [-0.3, -0.25) is 9.59 Å². The monoisotopic (exact) mass is 467 g/mol. The van der Waals surface area contributed by atoms with Crippen LogP contribution in [-0.2, 0) is 0 Å². The topological polar surface area (TPSA) is 70.6 Å². The highest BCUT2D eigenvalue weighted by Gasteiger charge is 2.09. The van der Waals surface area contributed by atoms with E-state index in [1.165, 1.54) is 0 Å². The smallest absolute Gasteiger partial charge is 0.271 e. The van der Waals surface area contributed by atoms with E-state index in [1.54, 1.807) is 55.5 Å². The summed E-state index contributed by atoms with van der Waals surface area (Å²) in [5.74, 6) is -0.540. The fraction of sp³-hybridized carbons (Fsp3) is 0.0357. The highest BCUT2D eigenvalue weighted by molar-refractivity contribution is 6.30. The van der Waals surface area contributed by atoms with Crippen LogP contribution in [0.25, 0.3) is 11.1 Å². The molecule has 168 valence electrons. The molecule has 0 saturated carbocycles. The van der Waals surface area contributed by atoms with Crippen LogP contribution in [0.4, 0.5) is 5.69 Å². The number of anilines is 1. The standard InChI is InChI=1S/C28H22ClN3O2/c1-19(24-8-5-9-26(18-24)30-27(33)22-14-16-25(29)17-15-22)31-32-28(34)23-12-10-21(11-13-23)20-6-3-2-4-7-20/h2-18H,1H3,(H,30,33)(H,32,34)/b31-19-. The van der Waals surface area contributed by atoms with E-state index >= 15 is 0 Å². The Labute approximate surface area is 203 Å². The Morgan fingerprint density at radius 2 is 1.29 bits per heavy atom. The zero-order valence-electron chi connectivity index (χ0n) is 18.5. The molecule has 2 amide bonds. The summed E-state index contributed by atoms with van der Waals surface area (Å²) in [6.45, 7) is 1.79. The van der Waals surface area contributed by atoms with Crippen molar-refractivity contribution in [2.75, 3.05) is 5.32 Å². The van der Waals surface area contributed by atoms with Gasteiger partial charge in [-0.2, -0.15) is 5.10 Å². The Kier molecular flexibility index (Phi) is 7.16. The molecular weight excluding hydrogens is 446 g/mol. The molecule has 0 aliphatic heterocycles. The molecule has 4 rings (SSSR count). The van der Waals surface area contributed by atoms with Gasteiger partial charge in [0.25, 0.3) is 11.8 Å². The van der Waals surface area contributed by atoms with Crippen LogP contribution in [-0.4, -0.2) is 17.5 Å². The average molecular weight is 468 g/mol. The Balaban J connectivity index is 1.40. The van der Waals surface area contributed by atoms with Crippen molar-refractivity contribution in [1.29, 1.82) is 0 Å². The summed E-state index contributed by atoms with van der Waals surface area (Å²) < 4.78 is 0. The molecule has 0 radical (unpaired) electrons. The maximum absolute atomic E-state index is 12.5. The Bertz CT molecular complexity index is 1330. The first kappa shape index (κ1) is 23.0. The zero-order chi connectivity index (χ0) is 23.9. The van der Waals surface area contributed by atoms with Gasteiger partial charge in [-0.05, 0) is 72.1 Å². The Hall–Kier alpha value is -4.22. The summed E-state index contributed by atoms with van der Waals surface area (Å²) in [7, 11) is 0. The second-order valence-electron chi connectivity index (χ2n) is 7.62. The molecule has 0 aliphatic carbocycles. The van der Waals surface area contributed by atoms with Gasteiger partial charge >= 0.3 is 0 Å². The molecular formula is C28H22ClN3O2. The van der Waals surface area contributed by atoms with Gasteiger partial charge in [0, 0.05) is 21.8 Å². The SMILES string of the molecule is C/C(=N/NC(=O)c1ccc(-c2ccccc2)cc1)c1cccc(NC(=O)c2ccc(Cl)cc2)c1. The molecule has 6 heteroatoms. The van der Waals surface area contributed by atoms with Gasteiger partial charge in [0.15, 0.2) is 0 Å². The van der Waals surface area contributed by atoms with Crippen LogP contribution in [0.15, 0.2) is 108 Å². The largest absolute Gasteiger partial charge is 0.322 e. The maximum Gasteiger partial charge on any atom is 0.271 e. The number of nitrogens with zero attached hydrogens (tertiary/aromatic N) is 1. The number of rotatable bonds is 6. The molecule has 0 fully saturated rings. The van der Waals surface area contributed by atoms with Crippen molar-refractivity contribution in [2.24, 2.45) is 5.10 Å². The maximum atomic E-state index is 12.5. The fourth-order valence-corrected chi connectivity index (χ4v) is 3.46. The van der Waals surface area contributed by atoms with Gasteiger partial charge in [0.2, 0.25) is 0 Å². The zero-order valence-corrected chi connectivity index (χ0v) is 19.2. The van der Waals surface area contributed by atoms with Gasteiger partial charge in [0.05, 0.1) is 5.71 Å². The first-order chi connectivity index (χ1) is 16.5. The number of halogens is 1. The van der Waals surface area contributed by atoms with Gasteiger partial charge < -0.3 is 5.32 Å². The van der Waals surface area contributed by atoms with E-state index in [0.29, 0.717) is 27.5 Å². The van der Waals surface area contributed by atoms with Crippen LogP contribution in [0.5, 0.6) is 0 Å². The van der Waals surface area contributed by atoms with Gasteiger partial charge in [0.1, 0.15) is 0 Å². The minimum atomic E-state index is -0.300. The summed E-state index contributed by atoms with van der Waals surface area (Å²) in [4.78, 5) is 25.0. The summed E-state index contributed by atoms with van der Waals surface area (Å²) in [5.41, 5.74) is 7.74. The molecule has 0 unspecified atom stereocenters. The number of carbonyl (C=O) groups excluding carboxylic acids is 2. The highest BCUT2D eigenvalue weighted by atomic mass is 35.5. The predicted molar refractivity (Wildman–Crippen MR) is 137 cm³/mol. The first-order valence-electron chi connectivity index (χ1n) is 10.7. The number of hydrazone groups is 1. The fourth-order valence-electron chi connectivity index (χ4n) is 3.33. The number of carbonyl (C=O) groups is 2. The van der Waals surface area contributed by atoms with E-state index in [2.05, 4.69) is 15.8 Å². The quantitative estimate of drug-likeness (QED) is 0.254. The summed E-state index contributed by atoms with van der Waals surface area (Å²) in [5, 5.41) is 7.66. The van der Waals surface area contributed by atoms with Crippen LogP contribution < -0.4 is 10.7 Å². The minimum absolute atomic E-state index is 0.240. The Morgan fingerprint density at radius 1 is 0.676 bits per heavy atom. The lowest BCUT2D eigenvalue weighted by Crippen LogP contribution is -2.19. The van der Waals surface area contributed by atoms with Crippen molar-refractivity contribution in [3.8, 4) is 11.1 Å². The molecule has 4 aromatic carbocycles. The van der Waals surface area contributed by atoms with E-state index in [4.69, 9.17) is 11.6 Å². The van der Waals surface area contributed by atoms with Crippen molar-refractivity contribution >= 4 is 34.8 Å². The molecule has 0 aliphatic rings. The lowest BCUT2D eigenvalue weighted by atomic mass is 10.0. The molecule has 0 bridgehead atoms. The van der Waals surface area contributed by atoms with Crippen LogP contribution in [0, 0.1) is 0 Å². The minimum Gasteiger partial charge on any atom is -0.322 e. The normalized spacial score (nSPS) is 11.1. The predicted octanol–water partition coefficient (Wildman–Crippen LogP) is 6.41. The van der Waals surface area contributed by atoms with Crippen molar-refractivity contribution in [2.45, 2.75) is 6.92 Å². The van der Waals surface area contributed by atoms with Crippen LogP contribution >= 0.6 is 11.6 Å². The third-order valence-corrected chi connectivity index (χ3v) is 5.48.